The van der Waals surface area contributed by atoms with Crippen LogP contribution in [-0.2, 0) is 6.54 Å². The molecule has 0 saturated carbocycles. The zero-order chi connectivity index (χ0) is 20.0. The first-order valence-electron chi connectivity index (χ1n) is 8.97. The molecule has 2 heterocycles. The Morgan fingerprint density at radius 3 is 2.50 bits per heavy atom. The van der Waals surface area contributed by atoms with Crippen LogP contribution in [0.4, 0.5) is 11.5 Å². The molecule has 144 valence electrons. The van der Waals surface area contributed by atoms with Crippen molar-refractivity contribution in [1.29, 1.82) is 0 Å². The van der Waals surface area contributed by atoms with E-state index in [1.807, 2.05) is 63.2 Å². The van der Waals surface area contributed by atoms with Crippen molar-refractivity contribution in [1.82, 2.24) is 15.2 Å². The molecule has 28 heavy (non-hydrogen) atoms. The smallest absolute Gasteiger partial charge is 0.276 e. The van der Waals surface area contributed by atoms with Gasteiger partial charge in [-0.2, -0.15) is 0 Å². The maximum atomic E-state index is 12.2. The Balaban J connectivity index is 1.57. The Kier molecular flexibility index (Phi) is 5.84. The molecule has 7 nitrogen and oxygen atoms in total. The molecule has 0 atom stereocenters. The quantitative estimate of drug-likeness (QED) is 0.677. The number of anilines is 2. The molecule has 2 aromatic heterocycles. The highest BCUT2D eigenvalue weighted by Crippen LogP contribution is 2.17. The summed E-state index contributed by atoms with van der Waals surface area (Å²) in [6, 6.07) is 16.4. The third-order valence-corrected chi connectivity index (χ3v) is 3.61. The predicted molar refractivity (Wildman–Crippen MR) is 108 cm³/mol. The van der Waals surface area contributed by atoms with Crippen molar-refractivity contribution in [3.8, 4) is 5.88 Å². The number of hydrogen-bond donors (Lipinski definition) is 2. The summed E-state index contributed by atoms with van der Waals surface area (Å²) in [7, 11) is 0. The van der Waals surface area contributed by atoms with Gasteiger partial charge in [-0.25, -0.2) is 4.98 Å². The van der Waals surface area contributed by atoms with E-state index >= 15 is 0 Å². The van der Waals surface area contributed by atoms with E-state index in [1.54, 1.807) is 18.3 Å². The Morgan fingerprint density at radius 2 is 1.82 bits per heavy atom. The number of para-hydroxylation sites is 1. The van der Waals surface area contributed by atoms with Crippen LogP contribution in [-0.4, -0.2) is 26.7 Å². The Morgan fingerprint density at radius 1 is 1.04 bits per heavy atom. The van der Waals surface area contributed by atoms with Gasteiger partial charge in [-0.15, -0.1) is 10.2 Å². The second-order valence-corrected chi connectivity index (χ2v) is 7.19. The summed E-state index contributed by atoms with van der Waals surface area (Å²) in [4.78, 5) is 16.4. The van der Waals surface area contributed by atoms with Crippen LogP contribution in [0.25, 0.3) is 0 Å². The largest absolute Gasteiger partial charge is 0.472 e. The van der Waals surface area contributed by atoms with Gasteiger partial charge < -0.3 is 15.4 Å². The van der Waals surface area contributed by atoms with E-state index < -0.39 is 0 Å². The lowest BCUT2D eigenvalue weighted by molar-refractivity contribution is 0.102. The normalized spacial score (nSPS) is 11.0. The van der Waals surface area contributed by atoms with Gasteiger partial charge in [-0.1, -0.05) is 18.2 Å². The topological polar surface area (TPSA) is 89.0 Å². The molecule has 2 N–H and O–H groups in total. The Bertz CT molecular complexity index is 922. The fourth-order valence-electron chi connectivity index (χ4n) is 2.39. The van der Waals surface area contributed by atoms with Gasteiger partial charge in [-0.05, 0) is 56.7 Å². The van der Waals surface area contributed by atoms with Crippen molar-refractivity contribution in [3.05, 3.63) is 72.1 Å². The zero-order valence-corrected chi connectivity index (χ0v) is 16.1. The van der Waals surface area contributed by atoms with Crippen LogP contribution in [0.15, 0.2) is 60.8 Å². The molecule has 3 aromatic rings. The Hall–Kier alpha value is -3.48. The average molecular weight is 377 g/mol. The molecule has 0 saturated heterocycles. The van der Waals surface area contributed by atoms with Crippen LogP contribution in [0, 0.1) is 0 Å². The third-order valence-electron chi connectivity index (χ3n) is 3.61. The van der Waals surface area contributed by atoms with Gasteiger partial charge in [0.1, 0.15) is 11.4 Å². The van der Waals surface area contributed by atoms with Crippen molar-refractivity contribution in [3.63, 3.8) is 0 Å². The summed E-state index contributed by atoms with van der Waals surface area (Å²) < 4.78 is 5.77. The van der Waals surface area contributed by atoms with Crippen molar-refractivity contribution in [2.75, 3.05) is 10.6 Å². The highest BCUT2D eigenvalue weighted by molar-refractivity contribution is 6.02. The van der Waals surface area contributed by atoms with Crippen LogP contribution in [0.5, 0.6) is 5.88 Å². The van der Waals surface area contributed by atoms with E-state index in [4.69, 9.17) is 4.74 Å². The van der Waals surface area contributed by atoms with E-state index in [2.05, 4.69) is 25.8 Å². The SMILES string of the molecule is CC(C)(C)Oc1cc(CNc2ccc(C(=O)Nc3ccccc3)nn2)ccn1. The number of hydrogen-bond acceptors (Lipinski definition) is 6. The highest BCUT2D eigenvalue weighted by Gasteiger charge is 2.13. The lowest BCUT2D eigenvalue weighted by Gasteiger charge is -2.20. The van der Waals surface area contributed by atoms with Crippen LogP contribution in [0.2, 0.25) is 0 Å². The van der Waals surface area contributed by atoms with Gasteiger partial charge in [0.25, 0.3) is 5.91 Å². The number of benzene rings is 1. The van der Waals surface area contributed by atoms with Crippen molar-refractivity contribution < 1.29 is 9.53 Å². The summed E-state index contributed by atoms with van der Waals surface area (Å²) in [5.74, 6) is 0.848. The van der Waals surface area contributed by atoms with Gasteiger partial charge in [0.2, 0.25) is 5.88 Å². The maximum Gasteiger partial charge on any atom is 0.276 e. The number of carbonyl (C=O) groups is 1. The summed E-state index contributed by atoms with van der Waals surface area (Å²) in [5, 5.41) is 14.0. The number of rotatable bonds is 6. The molecule has 0 unspecified atom stereocenters. The fraction of sp³-hybridized carbons (Fsp3) is 0.238. The molecule has 0 aliphatic carbocycles. The summed E-state index contributed by atoms with van der Waals surface area (Å²) in [6.07, 6.45) is 1.71. The van der Waals surface area contributed by atoms with Gasteiger partial charge in [0.05, 0.1) is 0 Å². The predicted octanol–water partition coefficient (Wildman–Crippen LogP) is 3.91. The molecule has 0 bridgehead atoms. The van der Waals surface area contributed by atoms with Crippen LogP contribution in [0.3, 0.4) is 0 Å². The molecule has 0 radical (unpaired) electrons. The fourth-order valence-corrected chi connectivity index (χ4v) is 2.39. The van der Waals surface area contributed by atoms with Gasteiger partial charge in [0.15, 0.2) is 5.69 Å². The van der Waals surface area contributed by atoms with Crippen LogP contribution >= 0.6 is 0 Å². The second kappa shape index (κ2) is 8.47. The van der Waals surface area contributed by atoms with E-state index in [-0.39, 0.29) is 17.2 Å². The number of nitrogens with zero attached hydrogens (tertiary/aromatic N) is 3. The number of aromatic nitrogens is 3. The lowest BCUT2D eigenvalue weighted by atomic mass is 10.2. The van der Waals surface area contributed by atoms with Gasteiger partial charge in [-0.3, -0.25) is 4.79 Å². The van der Waals surface area contributed by atoms with Crippen molar-refractivity contribution >= 4 is 17.4 Å². The maximum absolute atomic E-state index is 12.2. The molecule has 7 heteroatoms. The molecule has 0 spiro atoms. The van der Waals surface area contributed by atoms with Crippen LogP contribution in [0.1, 0.15) is 36.8 Å². The lowest BCUT2D eigenvalue weighted by Crippen LogP contribution is -2.23. The van der Waals surface area contributed by atoms with E-state index in [9.17, 15) is 4.79 Å². The summed E-state index contributed by atoms with van der Waals surface area (Å²) in [6.45, 7) is 6.47. The average Bonchev–Trinajstić information content (AvgIpc) is 2.66. The van der Waals surface area contributed by atoms with Gasteiger partial charge in [0, 0.05) is 24.5 Å². The molecule has 1 aromatic carbocycles. The number of pyridine rings is 1. The van der Waals surface area contributed by atoms with Gasteiger partial charge >= 0.3 is 0 Å². The standard InChI is InChI=1S/C21H23N5O2/c1-21(2,3)28-19-13-15(11-12-22-19)14-23-18-10-9-17(25-26-18)20(27)24-16-7-5-4-6-8-16/h4-13H,14H2,1-3H3,(H,23,26)(H,24,27). The summed E-state index contributed by atoms with van der Waals surface area (Å²) >= 11 is 0. The first kappa shape index (κ1) is 19.3. The first-order valence-corrected chi connectivity index (χ1v) is 8.97. The summed E-state index contributed by atoms with van der Waals surface area (Å²) in [5.41, 5.74) is 1.66. The molecular formula is C21H23N5O2. The van der Waals surface area contributed by atoms with Crippen molar-refractivity contribution in [2.24, 2.45) is 0 Å². The van der Waals surface area contributed by atoms with E-state index in [1.165, 1.54) is 0 Å². The molecule has 0 fully saturated rings. The molecular weight excluding hydrogens is 354 g/mol. The second-order valence-electron chi connectivity index (χ2n) is 7.19. The monoisotopic (exact) mass is 377 g/mol. The minimum Gasteiger partial charge on any atom is -0.472 e. The number of nitrogens with one attached hydrogen (secondary N) is 2. The zero-order valence-electron chi connectivity index (χ0n) is 16.1. The van der Waals surface area contributed by atoms with Crippen LogP contribution < -0.4 is 15.4 Å². The van der Waals surface area contributed by atoms with E-state index in [0.717, 1.165) is 5.56 Å². The number of ether oxygens (including phenoxy) is 1. The Labute approximate surface area is 164 Å². The minimum absolute atomic E-state index is 0.249. The molecule has 0 aliphatic heterocycles. The number of carbonyl (C=O) groups excluding carboxylic acids is 1. The molecule has 0 aliphatic rings. The van der Waals surface area contributed by atoms with Crippen molar-refractivity contribution in [2.45, 2.75) is 32.9 Å². The number of amides is 1. The van der Waals surface area contributed by atoms with E-state index in [0.29, 0.717) is 23.9 Å². The molecule has 3 rings (SSSR count). The highest BCUT2D eigenvalue weighted by atomic mass is 16.5. The third kappa shape index (κ3) is 5.77. The molecule has 1 amide bonds. The first-order chi connectivity index (χ1) is 13.4. The minimum atomic E-state index is -0.305.